The summed E-state index contributed by atoms with van der Waals surface area (Å²) in [4.78, 5) is 24.0. The molecule has 0 fully saturated rings. The number of hydrogen-bond donors (Lipinski definition) is 0. The van der Waals surface area contributed by atoms with Crippen molar-refractivity contribution in [1.82, 2.24) is 0 Å². The van der Waals surface area contributed by atoms with Gasteiger partial charge in [0.2, 0.25) is 0 Å². The minimum atomic E-state index is 0. The number of rotatable bonds is 0. The van der Waals surface area contributed by atoms with Gasteiger partial charge in [-0.1, -0.05) is 0 Å². The molecule has 0 N–H and O–H groups in total. The first-order valence-corrected chi connectivity index (χ1v) is 1.10. The largest absolute Gasteiger partial charge is 3.00 e. The van der Waals surface area contributed by atoms with Crippen LogP contribution in [-0.4, -0.2) is 25.8 Å². The maximum atomic E-state index is 8.00. The SMILES string of the molecule is O=N[O-].O=N[O-].O=N[O-].[In+3]. The van der Waals surface area contributed by atoms with Crippen molar-refractivity contribution in [1.29, 1.82) is 0 Å². The summed E-state index contributed by atoms with van der Waals surface area (Å²) in [6.45, 7) is 0. The number of hydrogen-bond acceptors (Lipinski definition) is 9. The van der Waals surface area contributed by atoms with Crippen molar-refractivity contribution in [3.63, 3.8) is 0 Å². The Kier molecular flexibility index (Phi) is 216. The molecular formula is InN3O6. The van der Waals surface area contributed by atoms with Crippen LogP contribution in [0, 0.1) is 30.3 Å². The standard InChI is InChI=1S/In.3HNO2/c;3*2-1-3/h;3*(H,2,3)/q+3;;;/p-3. The summed E-state index contributed by atoms with van der Waals surface area (Å²) in [7, 11) is 0. The van der Waals surface area contributed by atoms with E-state index in [1.165, 1.54) is 0 Å². The summed E-state index contributed by atoms with van der Waals surface area (Å²) < 4.78 is 0. The fourth-order valence-corrected chi connectivity index (χ4v) is 0. The van der Waals surface area contributed by atoms with E-state index in [2.05, 4.69) is 0 Å². The van der Waals surface area contributed by atoms with Crippen LogP contribution in [0.4, 0.5) is 0 Å². The third-order valence-corrected chi connectivity index (χ3v) is 0. The van der Waals surface area contributed by atoms with Crippen LogP contribution in [0.25, 0.3) is 0 Å². The first kappa shape index (κ1) is 23.0. The van der Waals surface area contributed by atoms with E-state index in [9.17, 15) is 0 Å². The molecule has 0 aromatic rings. The second kappa shape index (κ2) is 94.1. The Morgan fingerprint density at radius 2 is 0.700 bits per heavy atom. The molecule has 0 bridgehead atoms. The first-order chi connectivity index (χ1) is 4.24. The van der Waals surface area contributed by atoms with Crippen molar-refractivity contribution in [3.8, 4) is 0 Å². The average Bonchev–Trinajstić information content (AvgIpc) is 1.70. The van der Waals surface area contributed by atoms with Crippen molar-refractivity contribution in [2.45, 2.75) is 0 Å². The predicted octanol–water partition coefficient (Wildman–Crippen LogP) is 0.371. The Labute approximate surface area is 72.6 Å². The Bertz CT molecular complexity index is 49.7. The maximum Gasteiger partial charge on any atom is 3.00 e. The third-order valence-electron chi connectivity index (χ3n) is 0. The summed E-state index contributed by atoms with van der Waals surface area (Å²) in [5, 5.41) is 27.0. The Morgan fingerprint density at radius 3 is 0.700 bits per heavy atom. The maximum absolute atomic E-state index is 8.00. The van der Waals surface area contributed by atoms with Crippen LogP contribution in [-0.2, 0) is 0 Å². The van der Waals surface area contributed by atoms with Gasteiger partial charge in [0.15, 0.2) is 0 Å². The molecule has 0 rings (SSSR count). The fourth-order valence-electron chi connectivity index (χ4n) is 0. The zero-order chi connectivity index (χ0) is 8.12. The van der Waals surface area contributed by atoms with Crippen molar-refractivity contribution < 1.29 is 0 Å². The van der Waals surface area contributed by atoms with Crippen molar-refractivity contribution in [3.05, 3.63) is 30.3 Å². The van der Waals surface area contributed by atoms with Crippen molar-refractivity contribution in [2.24, 2.45) is 16.0 Å². The summed E-state index contributed by atoms with van der Waals surface area (Å²) in [6.07, 6.45) is 0. The van der Waals surface area contributed by atoms with Gasteiger partial charge in [-0.2, -0.15) is 0 Å². The summed E-state index contributed by atoms with van der Waals surface area (Å²) in [5.41, 5.74) is 0. The smallest absolute Gasteiger partial charge is 0.444 e. The zero-order valence-electron chi connectivity index (χ0n) is 4.37. The van der Waals surface area contributed by atoms with Gasteiger partial charge >= 0.3 is 25.8 Å². The average molecular weight is 253 g/mol. The van der Waals surface area contributed by atoms with Crippen LogP contribution in [0.3, 0.4) is 0 Å². The summed E-state index contributed by atoms with van der Waals surface area (Å²) in [6, 6.07) is 0. The van der Waals surface area contributed by atoms with E-state index < -0.39 is 0 Å². The van der Waals surface area contributed by atoms with Crippen LogP contribution in [0.1, 0.15) is 0 Å². The molecule has 0 unspecified atom stereocenters. The summed E-state index contributed by atoms with van der Waals surface area (Å²) in [5.74, 6) is 0. The van der Waals surface area contributed by atoms with Gasteiger partial charge in [-0.3, -0.25) is 0 Å². The molecule has 0 aliphatic rings. The van der Waals surface area contributed by atoms with E-state index in [0.717, 1.165) is 16.0 Å². The van der Waals surface area contributed by atoms with Crippen molar-refractivity contribution in [2.75, 3.05) is 0 Å². The Balaban J connectivity index is -0.0000000257. The van der Waals surface area contributed by atoms with Gasteiger partial charge in [0.25, 0.3) is 0 Å². The van der Waals surface area contributed by atoms with Gasteiger partial charge in [-0.05, 0) is 0 Å². The normalized spacial score (nSPS) is 3.60. The summed E-state index contributed by atoms with van der Waals surface area (Å²) >= 11 is 0. The molecule has 54 valence electrons. The molecule has 0 aliphatic carbocycles. The predicted molar refractivity (Wildman–Crippen MR) is 33.2 cm³/mol. The molecule has 0 radical (unpaired) electrons. The van der Waals surface area contributed by atoms with Crippen LogP contribution >= 0.6 is 0 Å². The zero-order valence-corrected chi connectivity index (χ0v) is 7.66. The monoisotopic (exact) mass is 253 g/mol. The van der Waals surface area contributed by atoms with Gasteiger partial charge < -0.3 is 30.3 Å². The molecule has 10 heteroatoms. The van der Waals surface area contributed by atoms with Crippen LogP contribution < -0.4 is 0 Å². The van der Waals surface area contributed by atoms with E-state index in [4.69, 9.17) is 30.3 Å². The quantitative estimate of drug-likeness (QED) is 0.447. The molecular weight excluding hydrogens is 253 g/mol. The van der Waals surface area contributed by atoms with Crippen molar-refractivity contribution >= 4 is 25.8 Å². The third kappa shape index (κ3) is 301. The molecule has 0 atom stereocenters. The van der Waals surface area contributed by atoms with E-state index in [0.29, 0.717) is 0 Å². The number of nitrogens with zero attached hydrogens (tertiary/aromatic N) is 3. The molecule has 0 saturated heterocycles. The van der Waals surface area contributed by atoms with E-state index in [1.807, 2.05) is 0 Å². The molecule has 0 heterocycles. The van der Waals surface area contributed by atoms with Gasteiger partial charge in [0, 0.05) is 0 Å². The van der Waals surface area contributed by atoms with E-state index >= 15 is 0 Å². The molecule has 0 spiro atoms. The molecule has 0 amide bonds. The second-order valence-electron chi connectivity index (χ2n) is 0.224. The topological polar surface area (TPSA) is 157 Å². The van der Waals surface area contributed by atoms with Crippen LogP contribution in [0.5, 0.6) is 0 Å². The van der Waals surface area contributed by atoms with Crippen LogP contribution in [0.2, 0.25) is 0 Å². The molecule has 10 heavy (non-hydrogen) atoms. The minimum Gasteiger partial charge on any atom is -0.444 e. The molecule has 0 saturated carbocycles. The van der Waals surface area contributed by atoms with Crippen LogP contribution in [0.15, 0.2) is 16.0 Å². The molecule has 0 aliphatic heterocycles. The molecule has 9 nitrogen and oxygen atoms in total. The van der Waals surface area contributed by atoms with Gasteiger partial charge in [-0.15, -0.1) is 16.0 Å². The minimum absolute atomic E-state index is 0. The molecule has 0 aromatic carbocycles. The first-order valence-electron chi connectivity index (χ1n) is 1.10. The Hall–Kier alpha value is -0.930. The molecule has 0 aromatic heterocycles. The van der Waals surface area contributed by atoms with Gasteiger partial charge in [0.05, 0.1) is 0 Å². The Morgan fingerprint density at radius 1 is 0.700 bits per heavy atom. The van der Waals surface area contributed by atoms with Gasteiger partial charge in [0.1, 0.15) is 0 Å². The van der Waals surface area contributed by atoms with E-state index in [-0.39, 0.29) is 25.8 Å². The fraction of sp³-hybridized carbons (Fsp3) is 0. The second-order valence-corrected chi connectivity index (χ2v) is 0.224. The van der Waals surface area contributed by atoms with E-state index in [1.54, 1.807) is 0 Å². The van der Waals surface area contributed by atoms with Gasteiger partial charge in [-0.25, -0.2) is 0 Å².